The van der Waals surface area contributed by atoms with Crippen LogP contribution in [0, 0.1) is 11.8 Å². The maximum absolute atomic E-state index is 11.0. The van der Waals surface area contributed by atoms with Gasteiger partial charge in [0.2, 0.25) is 0 Å². The average molecular weight is 459 g/mol. The van der Waals surface area contributed by atoms with Gasteiger partial charge < -0.3 is 20.1 Å². The predicted octanol–water partition coefficient (Wildman–Crippen LogP) is 4.60. The second-order valence-electron chi connectivity index (χ2n) is 7.37. The van der Waals surface area contributed by atoms with Crippen molar-refractivity contribution in [1.29, 1.82) is 0 Å². The number of alkyl halides is 1. The summed E-state index contributed by atoms with van der Waals surface area (Å²) in [5.74, 6) is -0.317. The van der Waals surface area contributed by atoms with Crippen LogP contribution in [0.25, 0.3) is 0 Å². The zero-order valence-electron chi connectivity index (χ0n) is 15.8. The number of hydrogen-bond donors (Lipinski definition) is 3. The lowest BCUT2D eigenvalue weighted by molar-refractivity contribution is 0.0701. The number of halogens is 2. The molecule has 5 nitrogen and oxygen atoms in total. The van der Waals surface area contributed by atoms with Crippen molar-refractivity contribution < 1.29 is 24.9 Å². The molecular formula is C21H24Cl2O5S. The molecule has 158 valence electrons. The third-order valence-electron chi connectivity index (χ3n) is 5.36. The monoisotopic (exact) mass is 458 g/mol. The van der Waals surface area contributed by atoms with Crippen LogP contribution in [0.3, 0.4) is 0 Å². The molecule has 1 aromatic carbocycles. The molecule has 8 heteroatoms. The average Bonchev–Trinajstić information content (AvgIpc) is 3.25. The van der Waals surface area contributed by atoms with E-state index in [1.807, 2.05) is 6.07 Å². The predicted molar refractivity (Wildman–Crippen MR) is 114 cm³/mol. The van der Waals surface area contributed by atoms with E-state index in [1.165, 1.54) is 11.3 Å². The molecule has 3 rings (SSSR count). The number of carbonyl (C=O) groups is 1. The minimum atomic E-state index is -0.899. The summed E-state index contributed by atoms with van der Waals surface area (Å²) in [6.07, 6.45) is 2.48. The van der Waals surface area contributed by atoms with E-state index < -0.39 is 12.1 Å². The van der Waals surface area contributed by atoms with E-state index in [-0.39, 0.29) is 23.8 Å². The third-order valence-corrected chi connectivity index (χ3v) is 7.22. The number of rotatable bonds is 9. The van der Waals surface area contributed by atoms with E-state index >= 15 is 0 Å². The number of carboxylic acid groups (broad SMARTS) is 1. The Bertz CT molecular complexity index is 840. The zero-order chi connectivity index (χ0) is 21.0. The van der Waals surface area contributed by atoms with Gasteiger partial charge in [0, 0.05) is 21.2 Å². The van der Waals surface area contributed by atoms with Crippen molar-refractivity contribution >= 4 is 40.5 Å². The highest BCUT2D eigenvalue weighted by molar-refractivity contribution is 7.13. The van der Waals surface area contributed by atoms with Crippen molar-refractivity contribution in [3.63, 3.8) is 0 Å². The van der Waals surface area contributed by atoms with E-state index in [1.54, 1.807) is 24.3 Å². The van der Waals surface area contributed by atoms with Crippen LogP contribution >= 0.6 is 34.5 Å². The van der Waals surface area contributed by atoms with Crippen LogP contribution in [0.4, 0.5) is 0 Å². The van der Waals surface area contributed by atoms with Crippen LogP contribution in [0.5, 0.6) is 5.75 Å². The van der Waals surface area contributed by atoms with E-state index in [2.05, 4.69) is 0 Å². The molecule has 1 heterocycles. The van der Waals surface area contributed by atoms with Crippen molar-refractivity contribution in [3.8, 4) is 5.75 Å². The summed E-state index contributed by atoms with van der Waals surface area (Å²) in [5, 5.41) is 29.1. The summed E-state index contributed by atoms with van der Waals surface area (Å²) >= 11 is 13.9. The second-order valence-corrected chi connectivity index (χ2v) is 9.54. The normalized spacial score (nSPS) is 24.0. The van der Waals surface area contributed by atoms with Gasteiger partial charge in [-0.1, -0.05) is 11.6 Å². The molecule has 3 N–H and O–H groups in total. The molecule has 1 aliphatic carbocycles. The Morgan fingerprint density at radius 2 is 2.03 bits per heavy atom. The molecule has 0 aliphatic heterocycles. The zero-order valence-corrected chi connectivity index (χ0v) is 18.1. The number of aliphatic hydroxyl groups is 2. The van der Waals surface area contributed by atoms with Gasteiger partial charge in [0.1, 0.15) is 10.6 Å². The molecule has 0 unspecified atom stereocenters. The number of benzene rings is 1. The minimum absolute atomic E-state index is 0.0908. The van der Waals surface area contributed by atoms with Crippen LogP contribution in [-0.4, -0.2) is 39.4 Å². The van der Waals surface area contributed by atoms with Gasteiger partial charge >= 0.3 is 5.97 Å². The highest BCUT2D eigenvalue weighted by atomic mass is 35.5. The number of aryl methyl sites for hydroxylation is 1. The molecule has 1 aromatic heterocycles. The summed E-state index contributed by atoms with van der Waals surface area (Å²) < 4.78 is 5.88. The van der Waals surface area contributed by atoms with Gasteiger partial charge in [-0.25, -0.2) is 4.79 Å². The second kappa shape index (κ2) is 10.1. The smallest absolute Gasteiger partial charge is 0.345 e. The Kier molecular flexibility index (Phi) is 7.82. The van der Waals surface area contributed by atoms with Gasteiger partial charge in [0.15, 0.2) is 0 Å². The fraction of sp³-hybridized carbons (Fsp3) is 0.476. The Labute approximate surface area is 183 Å². The maximum atomic E-state index is 11.0. The summed E-state index contributed by atoms with van der Waals surface area (Å²) in [6.45, 7) is 0.199. The largest absolute Gasteiger partial charge is 0.493 e. The fourth-order valence-corrected chi connectivity index (χ4v) is 5.52. The van der Waals surface area contributed by atoms with Gasteiger partial charge in [-0.2, -0.15) is 0 Å². The minimum Gasteiger partial charge on any atom is -0.493 e. The Hall–Kier alpha value is -1.31. The van der Waals surface area contributed by atoms with Gasteiger partial charge in [-0.15, -0.1) is 22.9 Å². The van der Waals surface area contributed by atoms with Gasteiger partial charge in [0.25, 0.3) is 0 Å². The Morgan fingerprint density at radius 1 is 1.24 bits per heavy atom. The first-order valence-electron chi connectivity index (χ1n) is 9.54. The molecule has 29 heavy (non-hydrogen) atoms. The Morgan fingerprint density at radius 3 is 2.72 bits per heavy atom. The lowest BCUT2D eigenvalue weighted by atomic mass is 9.90. The van der Waals surface area contributed by atoms with Crippen molar-refractivity contribution in [2.75, 3.05) is 6.61 Å². The number of hydrogen-bond acceptors (Lipinski definition) is 5. The van der Waals surface area contributed by atoms with Gasteiger partial charge in [0.05, 0.1) is 19.3 Å². The topological polar surface area (TPSA) is 87.0 Å². The van der Waals surface area contributed by atoms with Crippen LogP contribution < -0.4 is 4.74 Å². The summed E-state index contributed by atoms with van der Waals surface area (Å²) in [4.78, 5) is 12.4. The maximum Gasteiger partial charge on any atom is 0.345 e. The molecule has 1 fully saturated rings. The van der Waals surface area contributed by atoms with E-state index in [0.29, 0.717) is 34.2 Å². The number of aliphatic hydroxyl groups excluding tert-OH is 2. The lowest BCUT2D eigenvalue weighted by Crippen LogP contribution is -2.27. The molecule has 0 amide bonds. The summed E-state index contributed by atoms with van der Waals surface area (Å²) in [6, 6.07) is 8.59. The third kappa shape index (κ3) is 5.86. The SMILES string of the molecule is O=C(O)c1ccc(CCC[C@@H]2[C@@H](COc3cc(Cl)cc(CO)c3)[C@H](O)C[C@@H]2Cl)s1. The number of thiophene rings is 1. The van der Waals surface area contributed by atoms with Crippen LogP contribution in [0.2, 0.25) is 5.02 Å². The number of aromatic carboxylic acids is 1. The van der Waals surface area contributed by atoms with Crippen LogP contribution in [0.15, 0.2) is 30.3 Å². The quantitative estimate of drug-likeness (QED) is 0.478. The molecule has 0 radical (unpaired) electrons. The first kappa shape index (κ1) is 22.4. The van der Waals surface area contributed by atoms with Crippen molar-refractivity contribution in [2.45, 2.75) is 43.8 Å². The standard InChI is InChI=1S/C21H24Cl2O5S/c22-13-6-12(10-24)7-14(8-13)28-11-17-16(18(23)9-19(17)25)3-1-2-15-4-5-20(29-15)21(26)27/h4-8,16-19,24-25H,1-3,9-11H2,(H,26,27)/t16-,17-,18+,19-/m1/s1. The molecule has 1 saturated carbocycles. The van der Waals surface area contributed by atoms with Crippen LogP contribution in [0.1, 0.15) is 39.4 Å². The molecular weight excluding hydrogens is 435 g/mol. The highest BCUT2D eigenvalue weighted by Crippen LogP contribution is 2.40. The van der Waals surface area contributed by atoms with E-state index in [4.69, 9.17) is 33.0 Å². The van der Waals surface area contributed by atoms with E-state index in [0.717, 1.165) is 24.1 Å². The van der Waals surface area contributed by atoms with Crippen LogP contribution in [-0.2, 0) is 13.0 Å². The molecule has 2 aromatic rings. The molecule has 1 aliphatic rings. The van der Waals surface area contributed by atoms with E-state index in [9.17, 15) is 15.0 Å². The highest BCUT2D eigenvalue weighted by Gasteiger charge is 2.41. The molecule has 0 bridgehead atoms. The first-order valence-corrected chi connectivity index (χ1v) is 11.2. The van der Waals surface area contributed by atoms with Crippen molar-refractivity contribution in [2.24, 2.45) is 11.8 Å². The Balaban J connectivity index is 1.57. The van der Waals surface area contributed by atoms with Crippen molar-refractivity contribution in [3.05, 3.63) is 50.7 Å². The first-order chi connectivity index (χ1) is 13.9. The van der Waals surface area contributed by atoms with Crippen molar-refractivity contribution in [1.82, 2.24) is 0 Å². The lowest BCUT2D eigenvalue weighted by Gasteiger charge is -2.24. The number of ether oxygens (including phenoxy) is 1. The molecule has 0 spiro atoms. The summed E-state index contributed by atoms with van der Waals surface area (Å²) in [5.41, 5.74) is 0.669. The van der Waals surface area contributed by atoms with Gasteiger partial charge in [-0.05, 0) is 67.5 Å². The molecule has 0 saturated heterocycles. The molecule has 4 atom stereocenters. The fourth-order valence-electron chi connectivity index (χ4n) is 3.89. The number of carboxylic acids is 1. The van der Waals surface area contributed by atoms with Gasteiger partial charge in [-0.3, -0.25) is 0 Å². The summed E-state index contributed by atoms with van der Waals surface area (Å²) in [7, 11) is 0.